The number of carbonyl (C=O) groups excluding carboxylic acids is 1. The molecule has 1 saturated heterocycles. The van der Waals surface area contributed by atoms with Crippen LogP contribution in [0, 0.1) is 0 Å². The Labute approximate surface area is 82.4 Å². The Kier molecular flexibility index (Phi) is 4.39. The minimum Gasteiger partial charge on any atom is -0.480 e. The second-order valence-corrected chi connectivity index (χ2v) is 3.39. The first-order valence-electron chi connectivity index (χ1n) is 4.78. The van der Waals surface area contributed by atoms with E-state index in [1.165, 1.54) is 0 Å². The zero-order chi connectivity index (χ0) is 10.4. The number of hydrogen-bond donors (Lipinski definition) is 2. The SMILES string of the molecule is O=CNC(CCC1CCCO1)C(=O)O. The van der Waals surface area contributed by atoms with E-state index < -0.39 is 12.0 Å². The van der Waals surface area contributed by atoms with Gasteiger partial charge in [0.15, 0.2) is 0 Å². The monoisotopic (exact) mass is 201 g/mol. The summed E-state index contributed by atoms with van der Waals surface area (Å²) in [7, 11) is 0. The molecule has 1 amide bonds. The molecular weight excluding hydrogens is 186 g/mol. The van der Waals surface area contributed by atoms with Crippen molar-refractivity contribution in [2.75, 3.05) is 6.61 Å². The summed E-state index contributed by atoms with van der Waals surface area (Å²) in [5.41, 5.74) is 0. The van der Waals surface area contributed by atoms with Crippen LogP contribution in [0.25, 0.3) is 0 Å². The van der Waals surface area contributed by atoms with Gasteiger partial charge in [0, 0.05) is 6.61 Å². The standard InChI is InChI=1S/C9H15NO4/c11-6-10-8(9(12)13)4-3-7-2-1-5-14-7/h6-8H,1-5H2,(H,10,11)(H,12,13). The lowest BCUT2D eigenvalue weighted by Gasteiger charge is -2.13. The van der Waals surface area contributed by atoms with E-state index >= 15 is 0 Å². The molecule has 0 aromatic carbocycles. The van der Waals surface area contributed by atoms with Gasteiger partial charge in [-0.1, -0.05) is 0 Å². The van der Waals surface area contributed by atoms with Crippen molar-refractivity contribution in [2.24, 2.45) is 0 Å². The van der Waals surface area contributed by atoms with Gasteiger partial charge in [-0.25, -0.2) is 4.79 Å². The van der Waals surface area contributed by atoms with E-state index in [1.54, 1.807) is 0 Å². The predicted octanol–water partition coefficient (Wildman–Crippen LogP) is 0.145. The minimum absolute atomic E-state index is 0.172. The zero-order valence-corrected chi connectivity index (χ0v) is 7.94. The van der Waals surface area contributed by atoms with E-state index in [0.717, 1.165) is 19.4 Å². The summed E-state index contributed by atoms with van der Waals surface area (Å²) in [4.78, 5) is 20.7. The number of aliphatic carboxylic acids is 1. The Morgan fingerprint density at radius 3 is 3.00 bits per heavy atom. The molecule has 0 radical (unpaired) electrons. The molecule has 2 atom stereocenters. The molecule has 80 valence electrons. The van der Waals surface area contributed by atoms with Crippen LogP contribution in [0.5, 0.6) is 0 Å². The summed E-state index contributed by atoms with van der Waals surface area (Å²) >= 11 is 0. The average Bonchev–Trinajstić information content (AvgIpc) is 2.64. The van der Waals surface area contributed by atoms with Gasteiger partial charge in [0.1, 0.15) is 6.04 Å². The average molecular weight is 201 g/mol. The third-order valence-corrected chi connectivity index (χ3v) is 2.37. The normalized spacial score (nSPS) is 23.0. The smallest absolute Gasteiger partial charge is 0.326 e. The van der Waals surface area contributed by atoms with Crippen molar-refractivity contribution < 1.29 is 19.4 Å². The molecule has 0 aromatic rings. The van der Waals surface area contributed by atoms with Crippen LogP contribution in [0.1, 0.15) is 25.7 Å². The molecule has 1 aliphatic heterocycles. The molecule has 1 heterocycles. The van der Waals surface area contributed by atoms with Gasteiger partial charge < -0.3 is 15.2 Å². The van der Waals surface area contributed by atoms with Crippen LogP contribution < -0.4 is 5.32 Å². The van der Waals surface area contributed by atoms with Gasteiger partial charge in [0.2, 0.25) is 6.41 Å². The Morgan fingerprint density at radius 1 is 1.71 bits per heavy atom. The molecule has 2 N–H and O–H groups in total. The highest BCUT2D eigenvalue weighted by Crippen LogP contribution is 2.17. The number of carboxylic acid groups (broad SMARTS) is 1. The first-order chi connectivity index (χ1) is 6.74. The van der Waals surface area contributed by atoms with Crippen LogP contribution >= 0.6 is 0 Å². The van der Waals surface area contributed by atoms with Gasteiger partial charge in [-0.3, -0.25) is 4.79 Å². The highest BCUT2D eigenvalue weighted by molar-refractivity contribution is 5.76. The summed E-state index contributed by atoms with van der Waals surface area (Å²) in [6, 6.07) is -0.781. The Morgan fingerprint density at radius 2 is 2.50 bits per heavy atom. The summed E-state index contributed by atoms with van der Waals surface area (Å²) in [6.45, 7) is 0.767. The Hall–Kier alpha value is -1.10. The third-order valence-electron chi connectivity index (χ3n) is 2.37. The molecule has 0 aromatic heterocycles. The predicted molar refractivity (Wildman–Crippen MR) is 48.8 cm³/mol. The van der Waals surface area contributed by atoms with Crippen LogP contribution in [0.4, 0.5) is 0 Å². The van der Waals surface area contributed by atoms with Crippen molar-refractivity contribution >= 4 is 12.4 Å². The summed E-state index contributed by atoms with van der Waals surface area (Å²) < 4.78 is 5.35. The largest absolute Gasteiger partial charge is 0.480 e. The lowest BCUT2D eigenvalue weighted by molar-refractivity contribution is -0.140. The maximum absolute atomic E-state index is 10.6. The molecule has 14 heavy (non-hydrogen) atoms. The van der Waals surface area contributed by atoms with Crippen LogP contribution in [-0.4, -0.2) is 36.2 Å². The summed E-state index contributed by atoms with van der Waals surface area (Å²) in [5.74, 6) is -0.991. The Bertz CT molecular complexity index is 201. The third kappa shape index (κ3) is 3.33. The number of rotatable bonds is 6. The van der Waals surface area contributed by atoms with E-state index in [2.05, 4.69) is 5.32 Å². The topological polar surface area (TPSA) is 75.6 Å². The van der Waals surface area contributed by atoms with Gasteiger partial charge >= 0.3 is 5.97 Å². The van der Waals surface area contributed by atoms with Crippen molar-refractivity contribution in [2.45, 2.75) is 37.8 Å². The summed E-state index contributed by atoms with van der Waals surface area (Å²) in [6.07, 6.45) is 3.76. The summed E-state index contributed by atoms with van der Waals surface area (Å²) in [5, 5.41) is 11.0. The second kappa shape index (κ2) is 5.59. The number of ether oxygens (including phenoxy) is 1. The number of nitrogens with one attached hydrogen (secondary N) is 1. The fourth-order valence-electron chi connectivity index (χ4n) is 1.58. The lowest BCUT2D eigenvalue weighted by atomic mass is 10.1. The molecule has 1 rings (SSSR count). The lowest BCUT2D eigenvalue weighted by Crippen LogP contribution is -2.36. The first kappa shape index (κ1) is 11.0. The zero-order valence-electron chi connectivity index (χ0n) is 7.94. The van der Waals surface area contributed by atoms with E-state index in [9.17, 15) is 9.59 Å². The number of hydrogen-bond acceptors (Lipinski definition) is 3. The molecule has 0 bridgehead atoms. The first-order valence-corrected chi connectivity index (χ1v) is 4.78. The molecule has 5 nitrogen and oxygen atoms in total. The minimum atomic E-state index is -0.991. The highest BCUT2D eigenvalue weighted by atomic mass is 16.5. The van der Waals surface area contributed by atoms with E-state index in [-0.39, 0.29) is 6.10 Å². The van der Waals surface area contributed by atoms with Crippen LogP contribution in [0.15, 0.2) is 0 Å². The fourth-order valence-corrected chi connectivity index (χ4v) is 1.58. The molecule has 1 aliphatic rings. The quantitative estimate of drug-likeness (QED) is 0.599. The number of carboxylic acids is 1. The molecule has 0 spiro atoms. The Balaban J connectivity index is 2.24. The molecule has 0 saturated carbocycles. The van der Waals surface area contributed by atoms with Gasteiger partial charge in [-0.05, 0) is 25.7 Å². The van der Waals surface area contributed by atoms with Crippen molar-refractivity contribution in [3.8, 4) is 0 Å². The highest BCUT2D eigenvalue weighted by Gasteiger charge is 2.21. The van der Waals surface area contributed by atoms with Gasteiger partial charge in [0.05, 0.1) is 6.10 Å². The van der Waals surface area contributed by atoms with E-state index in [4.69, 9.17) is 9.84 Å². The van der Waals surface area contributed by atoms with Crippen molar-refractivity contribution in [3.05, 3.63) is 0 Å². The number of carbonyl (C=O) groups is 2. The molecule has 2 unspecified atom stereocenters. The maximum Gasteiger partial charge on any atom is 0.326 e. The second-order valence-electron chi connectivity index (χ2n) is 3.39. The van der Waals surface area contributed by atoms with Gasteiger partial charge in [0.25, 0.3) is 0 Å². The molecular formula is C9H15NO4. The van der Waals surface area contributed by atoms with Crippen molar-refractivity contribution in [3.63, 3.8) is 0 Å². The van der Waals surface area contributed by atoms with Crippen LogP contribution in [0.2, 0.25) is 0 Å². The van der Waals surface area contributed by atoms with Crippen LogP contribution in [0.3, 0.4) is 0 Å². The van der Waals surface area contributed by atoms with Crippen molar-refractivity contribution in [1.29, 1.82) is 0 Å². The maximum atomic E-state index is 10.6. The number of amides is 1. The fraction of sp³-hybridized carbons (Fsp3) is 0.778. The molecule has 0 aliphatic carbocycles. The van der Waals surface area contributed by atoms with E-state index in [0.29, 0.717) is 19.3 Å². The molecule has 1 fully saturated rings. The van der Waals surface area contributed by atoms with Crippen LogP contribution in [-0.2, 0) is 14.3 Å². The van der Waals surface area contributed by atoms with E-state index in [1.807, 2.05) is 0 Å². The van der Waals surface area contributed by atoms with Gasteiger partial charge in [-0.15, -0.1) is 0 Å². The molecule has 5 heteroatoms. The van der Waals surface area contributed by atoms with Crippen molar-refractivity contribution in [1.82, 2.24) is 5.32 Å². The van der Waals surface area contributed by atoms with Gasteiger partial charge in [-0.2, -0.15) is 0 Å².